The van der Waals surface area contributed by atoms with Crippen LogP contribution >= 0.6 is 16.1 Å². The van der Waals surface area contributed by atoms with Crippen molar-refractivity contribution >= 4 is 33.1 Å². The van der Waals surface area contributed by atoms with Gasteiger partial charge in [-0.25, -0.2) is 19.5 Å². The van der Waals surface area contributed by atoms with Gasteiger partial charge < -0.3 is 30.3 Å². The summed E-state index contributed by atoms with van der Waals surface area (Å²) in [5, 5.41) is 10.4. The summed E-state index contributed by atoms with van der Waals surface area (Å²) in [6.45, 7) is -0.727. The normalized spacial score (nSPS) is 27.2. The number of aromatic nitrogens is 4. The maximum atomic E-state index is 10.9. The number of nitrogen functional groups attached to an aromatic ring is 1. The standard InChI is InChI=1S/C10H13N5O9P2/c11-8-5-9(13-2-12-8)15(3-14-5)10-6(16)7(24-25(17)18)4(23-10)1-22-26(19,20)21/h2-4,6-7,10,16H,1H2,(H2,11,12,13)(H2,19,20,21)/t4-,6-,7-,10-/m1/s1. The number of anilines is 1. The van der Waals surface area contributed by atoms with Gasteiger partial charge in [-0.2, -0.15) is 0 Å². The van der Waals surface area contributed by atoms with E-state index in [1.807, 2.05) is 0 Å². The number of nitrogens with two attached hydrogens (primary N) is 1. The zero-order valence-corrected chi connectivity index (χ0v) is 14.5. The van der Waals surface area contributed by atoms with Crippen LogP contribution in [0.5, 0.6) is 0 Å². The monoisotopic (exact) mass is 409 g/mol. The minimum Gasteiger partial charge on any atom is -0.566 e. The summed E-state index contributed by atoms with van der Waals surface area (Å²) < 4.78 is 37.5. The summed E-state index contributed by atoms with van der Waals surface area (Å²) in [5.74, 6) is 0.0815. The molecular formula is C10H13N5O9P2. The quantitative estimate of drug-likeness (QED) is 0.387. The number of phosphoric acid groups is 1. The molecule has 16 heteroatoms. The molecule has 26 heavy (non-hydrogen) atoms. The van der Waals surface area contributed by atoms with E-state index in [1.165, 1.54) is 10.9 Å². The molecule has 2 aromatic heterocycles. The van der Waals surface area contributed by atoms with Gasteiger partial charge in [0.05, 0.1) is 12.9 Å². The van der Waals surface area contributed by atoms with Crippen LogP contribution in [0.3, 0.4) is 0 Å². The highest BCUT2D eigenvalue weighted by Crippen LogP contribution is 2.40. The molecule has 0 saturated carbocycles. The Morgan fingerprint density at radius 2 is 2.15 bits per heavy atom. The number of imidazole rings is 1. The first-order valence-electron chi connectivity index (χ1n) is 6.95. The lowest BCUT2D eigenvalue weighted by Gasteiger charge is -2.16. The molecule has 1 aliphatic heterocycles. The number of hydrogen-bond acceptors (Lipinski definition) is 11. The molecular weight excluding hydrogens is 396 g/mol. The molecule has 1 fully saturated rings. The number of aliphatic hydroxyl groups is 1. The molecule has 5 N–H and O–H groups in total. The van der Waals surface area contributed by atoms with E-state index in [0.717, 1.165) is 6.33 Å². The van der Waals surface area contributed by atoms with Crippen molar-refractivity contribution in [3.8, 4) is 0 Å². The van der Waals surface area contributed by atoms with Gasteiger partial charge in [-0.1, -0.05) is 0 Å². The summed E-state index contributed by atoms with van der Waals surface area (Å²) in [5.41, 5.74) is 6.10. The third-order valence-corrected chi connectivity index (χ3v) is 4.49. The number of fused-ring (bicyclic) bond motifs is 1. The van der Waals surface area contributed by atoms with Gasteiger partial charge in [0, 0.05) is 0 Å². The molecule has 0 spiro atoms. The number of hydrogen-bond donors (Lipinski definition) is 4. The Morgan fingerprint density at radius 3 is 2.81 bits per heavy atom. The second kappa shape index (κ2) is 7.19. The highest BCUT2D eigenvalue weighted by atomic mass is 31.2. The summed E-state index contributed by atoms with van der Waals surface area (Å²) in [7, 11) is -8.23. The van der Waals surface area contributed by atoms with Gasteiger partial charge in [-0.3, -0.25) is 9.09 Å². The maximum absolute atomic E-state index is 10.9. The third kappa shape index (κ3) is 3.88. The fourth-order valence-electron chi connectivity index (χ4n) is 2.54. The number of phosphoric ester groups is 1. The van der Waals surface area contributed by atoms with E-state index in [4.69, 9.17) is 20.3 Å². The lowest BCUT2D eigenvalue weighted by atomic mass is 10.1. The van der Waals surface area contributed by atoms with Crippen molar-refractivity contribution in [1.29, 1.82) is 0 Å². The Hall–Kier alpha value is -1.60. The molecule has 2 aromatic rings. The van der Waals surface area contributed by atoms with E-state index >= 15 is 0 Å². The van der Waals surface area contributed by atoms with Crippen molar-refractivity contribution in [2.75, 3.05) is 12.3 Å². The topological polar surface area (TPSA) is 215 Å². The third-order valence-electron chi connectivity index (χ3n) is 3.59. The van der Waals surface area contributed by atoms with Crippen molar-refractivity contribution < 1.29 is 42.7 Å². The molecule has 3 rings (SSSR count). The van der Waals surface area contributed by atoms with E-state index < -0.39 is 47.2 Å². The first kappa shape index (κ1) is 19.2. The van der Waals surface area contributed by atoms with Crippen molar-refractivity contribution in [1.82, 2.24) is 19.5 Å². The van der Waals surface area contributed by atoms with E-state index in [1.54, 1.807) is 0 Å². The lowest BCUT2D eigenvalue weighted by Crippen LogP contribution is -2.35. The van der Waals surface area contributed by atoms with Crippen LogP contribution in [0, 0.1) is 0 Å². The van der Waals surface area contributed by atoms with Crippen LogP contribution in [0.25, 0.3) is 11.2 Å². The molecule has 3 heterocycles. The Morgan fingerprint density at radius 1 is 1.42 bits per heavy atom. The van der Waals surface area contributed by atoms with Crippen molar-refractivity contribution in [3.05, 3.63) is 12.7 Å². The van der Waals surface area contributed by atoms with Crippen LogP contribution in [0.1, 0.15) is 6.23 Å². The number of rotatable bonds is 6. The minimum atomic E-state index is -4.85. The molecule has 0 aromatic carbocycles. The molecule has 0 radical (unpaired) electrons. The Balaban J connectivity index is 1.91. The van der Waals surface area contributed by atoms with E-state index in [2.05, 4.69) is 24.0 Å². The summed E-state index contributed by atoms with van der Waals surface area (Å²) >= 11 is 0. The van der Waals surface area contributed by atoms with Crippen LogP contribution < -0.4 is 10.6 Å². The Bertz CT molecular complexity index is 872. The van der Waals surface area contributed by atoms with E-state index in [-0.39, 0.29) is 17.0 Å². The number of aliphatic hydroxyl groups excluding tert-OH is 1. The average Bonchev–Trinajstić information content (AvgIpc) is 3.08. The van der Waals surface area contributed by atoms with Gasteiger partial charge >= 0.3 is 16.1 Å². The van der Waals surface area contributed by atoms with Crippen LogP contribution in [0.15, 0.2) is 12.7 Å². The maximum Gasteiger partial charge on any atom is 0.488 e. The molecule has 0 amide bonds. The molecule has 14 nitrogen and oxygen atoms in total. The van der Waals surface area contributed by atoms with Gasteiger partial charge in [-0.05, 0) is 4.57 Å². The first-order valence-corrected chi connectivity index (χ1v) is 9.57. The zero-order chi connectivity index (χ0) is 19.1. The number of nitrogens with zero attached hydrogens (tertiary/aromatic N) is 4. The highest BCUT2D eigenvalue weighted by molar-refractivity contribution is 7.46. The lowest BCUT2D eigenvalue weighted by molar-refractivity contribution is -0.193. The van der Waals surface area contributed by atoms with Gasteiger partial charge in [0.25, 0.3) is 0 Å². The van der Waals surface area contributed by atoms with Crippen LogP contribution in [0.4, 0.5) is 5.82 Å². The van der Waals surface area contributed by atoms with Gasteiger partial charge in [-0.15, -0.1) is 4.52 Å². The van der Waals surface area contributed by atoms with Gasteiger partial charge in [0.1, 0.15) is 24.1 Å². The SMILES string of the molecule is Nc1ncnc2c1ncn2[C@@H]1O[C@H](COP(=O)(O)O)[C@@H](O[P+](=O)[O-])[C@H]1O. The van der Waals surface area contributed by atoms with Crippen molar-refractivity contribution in [2.45, 2.75) is 24.5 Å². The molecule has 1 unspecified atom stereocenters. The molecule has 1 aliphatic rings. The Labute approximate surface area is 145 Å². The zero-order valence-electron chi connectivity index (χ0n) is 12.7. The fourth-order valence-corrected chi connectivity index (χ4v) is 3.34. The minimum absolute atomic E-state index is 0.0815. The van der Waals surface area contributed by atoms with Crippen LogP contribution in [-0.2, 0) is 22.9 Å². The van der Waals surface area contributed by atoms with E-state index in [0.29, 0.717) is 0 Å². The smallest absolute Gasteiger partial charge is 0.488 e. The van der Waals surface area contributed by atoms with Gasteiger partial charge in [0.2, 0.25) is 0 Å². The molecule has 142 valence electrons. The first-order chi connectivity index (χ1) is 12.2. The molecule has 1 saturated heterocycles. The van der Waals surface area contributed by atoms with Crippen molar-refractivity contribution in [3.63, 3.8) is 0 Å². The molecule has 0 aliphatic carbocycles. The second-order valence-corrected chi connectivity index (χ2v) is 7.12. The van der Waals surface area contributed by atoms with Crippen LogP contribution in [0.2, 0.25) is 0 Å². The van der Waals surface area contributed by atoms with E-state index in [9.17, 15) is 19.1 Å². The summed E-state index contributed by atoms with van der Waals surface area (Å²) in [4.78, 5) is 40.2. The highest BCUT2D eigenvalue weighted by Gasteiger charge is 2.49. The molecule has 0 bridgehead atoms. The average molecular weight is 409 g/mol. The Kier molecular flexibility index (Phi) is 5.30. The second-order valence-electron chi connectivity index (χ2n) is 5.22. The molecule has 5 atom stereocenters. The fraction of sp³-hybridized carbons (Fsp3) is 0.500. The summed E-state index contributed by atoms with van der Waals surface area (Å²) in [6, 6.07) is 0. The predicted octanol–water partition coefficient (Wildman–Crippen LogP) is -1.82. The predicted molar refractivity (Wildman–Crippen MR) is 80.1 cm³/mol. The van der Waals surface area contributed by atoms with Crippen molar-refractivity contribution in [2.24, 2.45) is 0 Å². The van der Waals surface area contributed by atoms with Crippen LogP contribution in [-0.4, -0.2) is 59.3 Å². The summed E-state index contributed by atoms with van der Waals surface area (Å²) in [6.07, 6.45) is -3.13. The van der Waals surface area contributed by atoms with Gasteiger partial charge in [0.15, 0.2) is 23.8 Å². The largest absolute Gasteiger partial charge is 0.566 e. The number of ether oxygens (including phenoxy) is 1.